The van der Waals surface area contributed by atoms with Gasteiger partial charge in [0.2, 0.25) is 0 Å². The number of aromatic nitrogens is 2. The zero-order valence-electron chi connectivity index (χ0n) is 5.90. The van der Waals surface area contributed by atoms with E-state index in [4.69, 9.17) is 4.79 Å². The van der Waals surface area contributed by atoms with Crippen LogP contribution in [0.2, 0.25) is 0 Å². The molecular weight excluding hydrogens is 232 g/mol. The molecule has 0 aliphatic rings. The van der Waals surface area contributed by atoms with Crippen molar-refractivity contribution in [3.05, 3.63) is 18.0 Å². The number of H-pyrrole nitrogens is 1. The summed E-state index contributed by atoms with van der Waals surface area (Å²) in [7, 11) is 0. The quantitative estimate of drug-likeness (QED) is 0.702. The molecule has 0 unspecified atom stereocenters. The van der Waals surface area contributed by atoms with E-state index in [1.807, 2.05) is 0 Å². The van der Waals surface area contributed by atoms with Gasteiger partial charge in [-0.3, -0.25) is 9.89 Å². The van der Waals surface area contributed by atoms with Crippen molar-refractivity contribution in [2.24, 2.45) is 0 Å². The van der Waals surface area contributed by atoms with Gasteiger partial charge in [0.1, 0.15) is 5.69 Å². The summed E-state index contributed by atoms with van der Waals surface area (Å²) in [5.74, 6) is 0. The zero-order chi connectivity index (χ0) is 10.5. The molecule has 0 atom stereocenters. The van der Waals surface area contributed by atoms with Gasteiger partial charge >= 0.3 is 10.9 Å². The second-order valence-corrected chi connectivity index (χ2v) is 2.57. The van der Waals surface area contributed by atoms with Crippen LogP contribution in [0.4, 0.5) is 18.0 Å². The van der Waals surface area contributed by atoms with Crippen LogP contribution in [0, 0.1) is 0 Å². The molecule has 0 fully saturated rings. The van der Waals surface area contributed by atoms with E-state index < -0.39 is 16.6 Å². The third kappa shape index (κ3) is 6.41. The van der Waals surface area contributed by atoms with Gasteiger partial charge in [-0.05, 0) is 29.3 Å². The first-order chi connectivity index (χ1) is 5.84. The summed E-state index contributed by atoms with van der Waals surface area (Å²) in [5.41, 5.74) is -0.817. The smallest absolute Gasteiger partial charge is 0.274 e. The molecule has 0 saturated carbocycles. The van der Waals surface area contributed by atoms with Crippen molar-refractivity contribution in [2.45, 2.75) is 6.18 Å². The number of nitrogens with one attached hydrogen (secondary N) is 1. The minimum absolute atomic E-state index is 0.817. The summed E-state index contributed by atoms with van der Waals surface area (Å²) in [6.07, 6.45) is -3.24. The maximum Gasteiger partial charge on any atom is 0.432 e. The molecule has 0 aliphatic heterocycles. The van der Waals surface area contributed by atoms with Crippen molar-refractivity contribution < 1.29 is 18.0 Å². The van der Waals surface area contributed by atoms with E-state index >= 15 is 0 Å². The van der Waals surface area contributed by atoms with E-state index in [0.29, 0.717) is 0 Å². The van der Waals surface area contributed by atoms with Crippen LogP contribution in [0.1, 0.15) is 5.69 Å². The Labute approximate surface area is 80.8 Å². The molecule has 0 radical (unpaired) electrons. The molecule has 1 N–H and O–H groups in total. The molecule has 0 saturated heterocycles. The number of aromatic amines is 1. The first-order valence-electron chi connectivity index (χ1n) is 2.75. The van der Waals surface area contributed by atoms with Crippen molar-refractivity contribution in [1.29, 1.82) is 0 Å². The van der Waals surface area contributed by atoms with E-state index in [9.17, 15) is 13.2 Å². The molecule has 0 spiro atoms. The van der Waals surface area contributed by atoms with Crippen LogP contribution in [0.25, 0.3) is 0 Å². The maximum atomic E-state index is 11.5. The number of nitrogens with zero attached hydrogens (tertiary/aromatic N) is 1. The Balaban J connectivity index is 0.000000310. The van der Waals surface area contributed by atoms with Crippen molar-refractivity contribution in [2.75, 3.05) is 0 Å². The fourth-order valence-corrected chi connectivity index (χ4v) is 0.414. The minimum atomic E-state index is -4.30. The van der Waals surface area contributed by atoms with E-state index in [1.54, 1.807) is 5.10 Å². The van der Waals surface area contributed by atoms with Gasteiger partial charge in [-0.25, -0.2) is 0 Å². The summed E-state index contributed by atoms with van der Waals surface area (Å²) in [6, 6.07) is 0.875. The average Bonchev–Trinajstić information content (AvgIpc) is 2.31. The van der Waals surface area contributed by atoms with E-state index in [1.165, 1.54) is 0 Å². The van der Waals surface area contributed by atoms with Crippen LogP contribution in [-0.2, 0) is 6.18 Å². The monoisotopic (exact) mass is 234 g/mol. The lowest BCUT2D eigenvalue weighted by Crippen LogP contribution is -2.04. The Morgan fingerprint density at radius 3 is 2.08 bits per heavy atom. The fraction of sp³-hybridized carbons (Fsp3) is 0.200. The molecule has 0 bridgehead atoms. The molecule has 0 amide bonds. The van der Waals surface area contributed by atoms with Crippen LogP contribution in [0.5, 0.6) is 0 Å². The maximum absolute atomic E-state index is 11.5. The van der Waals surface area contributed by atoms with Crippen LogP contribution >= 0.6 is 23.2 Å². The lowest BCUT2D eigenvalue weighted by atomic mass is 10.4. The van der Waals surface area contributed by atoms with Crippen molar-refractivity contribution >= 4 is 27.9 Å². The summed E-state index contributed by atoms with van der Waals surface area (Å²) in [5, 5.41) is 4.95. The first-order valence-corrected chi connectivity index (χ1v) is 3.51. The highest BCUT2D eigenvalue weighted by Crippen LogP contribution is 2.26. The molecule has 1 aromatic heterocycles. The Hall–Kier alpha value is -0.750. The van der Waals surface area contributed by atoms with Gasteiger partial charge in [0.25, 0.3) is 0 Å². The Morgan fingerprint density at radius 2 is 1.92 bits per heavy atom. The highest BCUT2D eigenvalue weighted by Gasteiger charge is 2.31. The van der Waals surface area contributed by atoms with Gasteiger partial charge in [0.15, 0.2) is 0 Å². The molecule has 8 heteroatoms. The number of hydrogen-bond acceptors (Lipinski definition) is 2. The summed E-state index contributed by atoms with van der Waals surface area (Å²) in [6.45, 7) is 0. The van der Waals surface area contributed by atoms with Crippen LogP contribution in [0.15, 0.2) is 12.3 Å². The molecule has 0 aromatic carbocycles. The van der Waals surface area contributed by atoms with E-state index in [0.717, 1.165) is 12.3 Å². The Kier molecular flexibility index (Phi) is 4.79. The number of halogens is 5. The SMILES string of the molecule is FC(F)(F)c1ccn[nH]1.O=C(Cl)Cl. The van der Waals surface area contributed by atoms with Crippen molar-refractivity contribution in [1.82, 2.24) is 10.2 Å². The second-order valence-electron chi connectivity index (χ2n) is 1.69. The molecule has 1 aromatic rings. The topological polar surface area (TPSA) is 45.8 Å². The van der Waals surface area contributed by atoms with Gasteiger partial charge in [-0.1, -0.05) is 0 Å². The third-order valence-electron chi connectivity index (χ3n) is 0.806. The molecule has 1 rings (SSSR count). The molecule has 0 aliphatic carbocycles. The van der Waals surface area contributed by atoms with Gasteiger partial charge in [0.05, 0.1) is 0 Å². The number of carbonyl (C=O) groups is 1. The number of rotatable bonds is 0. The van der Waals surface area contributed by atoms with Crippen LogP contribution in [-0.4, -0.2) is 14.9 Å². The fourth-order valence-electron chi connectivity index (χ4n) is 0.414. The normalized spacial score (nSPS) is 10.2. The molecule has 1 heterocycles. The summed E-state index contributed by atoms with van der Waals surface area (Å²) in [4.78, 5) is 8.98. The van der Waals surface area contributed by atoms with Gasteiger partial charge in [-0.2, -0.15) is 18.3 Å². The predicted molar refractivity (Wildman–Crippen MR) is 40.7 cm³/mol. The van der Waals surface area contributed by atoms with Crippen molar-refractivity contribution in [3.63, 3.8) is 0 Å². The number of carbonyl (C=O) groups excluding carboxylic acids is 1. The Bertz CT molecular complexity index is 255. The lowest BCUT2D eigenvalue weighted by Gasteiger charge is -1.99. The van der Waals surface area contributed by atoms with E-state index in [-0.39, 0.29) is 0 Å². The number of hydrogen-bond donors (Lipinski definition) is 1. The standard InChI is InChI=1S/C4H3F3N2.CCl2O/c5-4(6,7)3-1-2-8-9-3;2-1(3)4/h1-2H,(H,8,9);. The van der Waals surface area contributed by atoms with Gasteiger partial charge < -0.3 is 0 Å². The molecule has 13 heavy (non-hydrogen) atoms. The largest absolute Gasteiger partial charge is 0.432 e. The first kappa shape index (κ1) is 12.2. The van der Waals surface area contributed by atoms with Gasteiger partial charge in [0, 0.05) is 6.20 Å². The summed E-state index contributed by atoms with van der Waals surface area (Å²) < 4.78 is 33.8. The summed E-state index contributed by atoms with van der Waals surface area (Å²) >= 11 is 8.80. The van der Waals surface area contributed by atoms with Crippen molar-refractivity contribution in [3.8, 4) is 0 Å². The molecule has 74 valence electrons. The van der Waals surface area contributed by atoms with Crippen LogP contribution in [0.3, 0.4) is 0 Å². The second kappa shape index (κ2) is 5.08. The predicted octanol–water partition coefficient (Wildman–Crippen LogP) is 3.01. The lowest BCUT2D eigenvalue weighted by molar-refractivity contribution is -0.141. The zero-order valence-corrected chi connectivity index (χ0v) is 7.41. The van der Waals surface area contributed by atoms with E-state index in [2.05, 4.69) is 28.3 Å². The highest BCUT2D eigenvalue weighted by atomic mass is 35.5. The Morgan fingerprint density at radius 1 is 1.46 bits per heavy atom. The highest BCUT2D eigenvalue weighted by molar-refractivity contribution is 6.93. The molecular formula is C5H3Cl2F3N2O. The molecule has 3 nitrogen and oxygen atoms in total. The van der Waals surface area contributed by atoms with Crippen LogP contribution < -0.4 is 0 Å². The number of alkyl halides is 3. The minimum Gasteiger partial charge on any atom is -0.274 e. The average molecular weight is 235 g/mol. The van der Waals surface area contributed by atoms with Gasteiger partial charge in [-0.15, -0.1) is 0 Å². The third-order valence-corrected chi connectivity index (χ3v) is 0.806.